The van der Waals surface area contributed by atoms with Crippen molar-refractivity contribution in [1.29, 1.82) is 0 Å². The molecule has 0 heterocycles. The predicted octanol–water partition coefficient (Wildman–Crippen LogP) is 3.80. The van der Waals surface area contributed by atoms with Crippen LogP contribution in [0.1, 0.15) is 42.4 Å². The Bertz CT molecular complexity index is 436. The molecule has 2 rings (SSSR count). The lowest BCUT2D eigenvalue weighted by Gasteiger charge is -2.29. The molecule has 1 aliphatic carbocycles. The Morgan fingerprint density at radius 3 is 2.41 bits per heavy atom. The molecule has 1 aromatic rings. The second-order valence-corrected chi connectivity index (χ2v) is 5.93. The maximum Gasteiger partial charge on any atom is 0.125 e. The molecule has 0 amide bonds. The Morgan fingerprint density at radius 1 is 1.29 bits per heavy atom. The molecule has 3 heteroatoms. The van der Waals surface area contributed by atoms with Crippen molar-refractivity contribution < 1.29 is 4.74 Å². The predicted molar refractivity (Wildman–Crippen MR) is 74.5 cm³/mol. The first-order valence-corrected chi connectivity index (χ1v) is 6.92. The molecule has 0 aromatic heterocycles. The average molecular weight is 298 g/mol. The molecule has 0 atom stereocenters. The highest BCUT2D eigenvalue weighted by atomic mass is 79.9. The first-order chi connectivity index (χ1) is 7.99. The number of ether oxygens (including phenoxy) is 1. The molecule has 0 unspecified atom stereocenters. The summed E-state index contributed by atoms with van der Waals surface area (Å²) in [5.41, 5.74) is 9.97. The van der Waals surface area contributed by atoms with E-state index in [1.54, 1.807) is 7.11 Å². The van der Waals surface area contributed by atoms with E-state index in [1.165, 1.54) is 24.0 Å². The lowest BCUT2D eigenvalue weighted by Crippen LogP contribution is -2.34. The fraction of sp³-hybridized carbons (Fsp3) is 0.571. The summed E-state index contributed by atoms with van der Waals surface area (Å²) in [5, 5.41) is 0. The molecule has 1 fully saturated rings. The summed E-state index contributed by atoms with van der Waals surface area (Å²) in [4.78, 5) is 0. The van der Waals surface area contributed by atoms with Crippen LogP contribution in [0.3, 0.4) is 0 Å². The second kappa shape index (κ2) is 4.62. The Balaban J connectivity index is 2.60. The third-order valence-electron chi connectivity index (χ3n) is 3.85. The van der Waals surface area contributed by atoms with Crippen LogP contribution in [0.2, 0.25) is 0 Å². The Kier molecular flexibility index (Phi) is 3.50. The Hall–Kier alpha value is -0.540. The summed E-state index contributed by atoms with van der Waals surface area (Å²) in [7, 11) is 1.73. The number of aryl methyl sites for hydroxylation is 1. The van der Waals surface area contributed by atoms with Crippen LogP contribution in [0.25, 0.3) is 0 Å². The quantitative estimate of drug-likeness (QED) is 0.901. The van der Waals surface area contributed by atoms with E-state index in [9.17, 15) is 0 Å². The van der Waals surface area contributed by atoms with Crippen molar-refractivity contribution in [3.05, 3.63) is 27.2 Å². The van der Waals surface area contributed by atoms with Crippen LogP contribution in [-0.4, -0.2) is 7.11 Å². The van der Waals surface area contributed by atoms with E-state index in [-0.39, 0.29) is 5.54 Å². The van der Waals surface area contributed by atoms with Gasteiger partial charge in [0.2, 0.25) is 0 Å². The highest BCUT2D eigenvalue weighted by Crippen LogP contribution is 2.44. The van der Waals surface area contributed by atoms with Crippen LogP contribution in [-0.2, 0) is 5.54 Å². The first kappa shape index (κ1) is 12.9. The van der Waals surface area contributed by atoms with Gasteiger partial charge in [-0.3, -0.25) is 0 Å². The van der Waals surface area contributed by atoms with Gasteiger partial charge in [-0.05, 0) is 49.4 Å². The molecule has 0 aliphatic heterocycles. The van der Waals surface area contributed by atoms with Gasteiger partial charge in [-0.25, -0.2) is 0 Å². The zero-order valence-electron chi connectivity index (χ0n) is 10.8. The van der Waals surface area contributed by atoms with Gasteiger partial charge in [-0.15, -0.1) is 0 Å². The summed E-state index contributed by atoms with van der Waals surface area (Å²) < 4.78 is 6.62. The van der Waals surface area contributed by atoms with Crippen LogP contribution in [0, 0.1) is 13.8 Å². The van der Waals surface area contributed by atoms with Gasteiger partial charge in [-0.2, -0.15) is 0 Å². The maximum absolute atomic E-state index is 6.57. The van der Waals surface area contributed by atoms with Crippen LogP contribution in [0.4, 0.5) is 0 Å². The van der Waals surface area contributed by atoms with Crippen molar-refractivity contribution in [3.63, 3.8) is 0 Å². The molecule has 0 radical (unpaired) electrons. The van der Waals surface area contributed by atoms with Gasteiger partial charge >= 0.3 is 0 Å². The van der Waals surface area contributed by atoms with Crippen LogP contribution in [0.5, 0.6) is 5.75 Å². The second-order valence-electron chi connectivity index (χ2n) is 5.07. The van der Waals surface area contributed by atoms with E-state index in [0.29, 0.717) is 0 Å². The first-order valence-electron chi connectivity index (χ1n) is 6.12. The largest absolute Gasteiger partial charge is 0.496 e. The molecule has 0 spiro atoms. The molecule has 1 aromatic carbocycles. The van der Waals surface area contributed by atoms with Crippen molar-refractivity contribution >= 4 is 15.9 Å². The molecule has 1 aliphatic rings. The van der Waals surface area contributed by atoms with Gasteiger partial charge in [0.25, 0.3) is 0 Å². The van der Waals surface area contributed by atoms with Crippen molar-refractivity contribution in [2.24, 2.45) is 5.73 Å². The molecule has 2 N–H and O–H groups in total. The number of rotatable bonds is 2. The molecule has 0 saturated heterocycles. The fourth-order valence-corrected chi connectivity index (χ4v) is 4.13. The fourth-order valence-electron chi connectivity index (χ4n) is 3.10. The van der Waals surface area contributed by atoms with E-state index in [4.69, 9.17) is 10.5 Å². The summed E-state index contributed by atoms with van der Waals surface area (Å²) >= 11 is 3.67. The summed E-state index contributed by atoms with van der Waals surface area (Å²) in [5.74, 6) is 0.972. The molecule has 1 saturated carbocycles. The molecular formula is C14H20BrNO. The number of hydrogen-bond donors (Lipinski definition) is 1. The summed E-state index contributed by atoms with van der Waals surface area (Å²) in [6.45, 7) is 4.18. The van der Waals surface area contributed by atoms with E-state index >= 15 is 0 Å². The van der Waals surface area contributed by atoms with Gasteiger partial charge in [0, 0.05) is 10.0 Å². The summed E-state index contributed by atoms with van der Waals surface area (Å²) in [6.07, 6.45) is 4.58. The van der Waals surface area contributed by atoms with Crippen molar-refractivity contribution in [2.75, 3.05) is 7.11 Å². The standard InChI is InChI=1S/C14H20BrNO/c1-9-8-11(15)12(10(2)13(9)17-3)14(16)6-4-5-7-14/h8H,4-7,16H2,1-3H3. The third-order valence-corrected chi connectivity index (χ3v) is 4.48. The molecular weight excluding hydrogens is 278 g/mol. The number of methoxy groups -OCH3 is 1. The van der Waals surface area contributed by atoms with Gasteiger partial charge < -0.3 is 10.5 Å². The monoisotopic (exact) mass is 297 g/mol. The van der Waals surface area contributed by atoms with E-state index in [1.807, 2.05) is 0 Å². The highest BCUT2D eigenvalue weighted by Gasteiger charge is 2.35. The van der Waals surface area contributed by atoms with Crippen molar-refractivity contribution in [2.45, 2.75) is 45.1 Å². The SMILES string of the molecule is COc1c(C)cc(Br)c(C2(N)CCCC2)c1C. The maximum atomic E-state index is 6.57. The lowest BCUT2D eigenvalue weighted by molar-refractivity contribution is 0.400. The van der Waals surface area contributed by atoms with E-state index < -0.39 is 0 Å². The Morgan fingerprint density at radius 2 is 1.88 bits per heavy atom. The van der Waals surface area contributed by atoms with Gasteiger partial charge in [-0.1, -0.05) is 28.8 Å². The molecule has 2 nitrogen and oxygen atoms in total. The number of nitrogens with two attached hydrogens (primary N) is 1. The van der Waals surface area contributed by atoms with Crippen LogP contribution in [0.15, 0.2) is 10.5 Å². The minimum Gasteiger partial charge on any atom is -0.496 e. The Labute approximate surface area is 112 Å². The summed E-state index contributed by atoms with van der Waals surface area (Å²) in [6, 6.07) is 2.12. The van der Waals surface area contributed by atoms with Gasteiger partial charge in [0.05, 0.1) is 7.11 Å². The number of benzene rings is 1. The minimum absolute atomic E-state index is 0.177. The lowest BCUT2D eigenvalue weighted by atomic mass is 9.85. The zero-order valence-corrected chi connectivity index (χ0v) is 12.4. The molecule has 94 valence electrons. The van der Waals surface area contributed by atoms with Crippen molar-refractivity contribution in [3.8, 4) is 5.75 Å². The molecule has 0 bridgehead atoms. The topological polar surface area (TPSA) is 35.2 Å². The normalized spacial score (nSPS) is 18.4. The zero-order chi connectivity index (χ0) is 12.6. The van der Waals surface area contributed by atoms with Crippen LogP contribution < -0.4 is 10.5 Å². The molecule has 17 heavy (non-hydrogen) atoms. The van der Waals surface area contributed by atoms with E-state index in [0.717, 1.165) is 28.6 Å². The number of halogens is 1. The third kappa shape index (κ3) is 2.11. The minimum atomic E-state index is -0.177. The van der Waals surface area contributed by atoms with Crippen molar-refractivity contribution in [1.82, 2.24) is 0 Å². The van der Waals surface area contributed by atoms with Crippen LogP contribution >= 0.6 is 15.9 Å². The average Bonchev–Trinajstić information content (AvgIpc) is 2.65. The van der Waals surface area contributed by atoms with Gasteiger partial charge in [0.15, 0.2) is 0 Å². The van der Waals surface area contributed by atoms with Gasteiger partial charge in [0.1, 0.15) is 5.75 Å². The number of hydrogen-bond acceptors (Lipinski definition) is 2. The van der Waals surface area contributed by atoms with E-state index in [2.05, 4.69) is 35.8 Å². The smallest absolute Gasteiger partial charge is 0.125 e. The highest BCUT2D eigenvalue weighted by molar-refractivity contribution is 9.10.